The van der Waals surface area contributed by atoms with Crippen LogP contribution in [0.15, 0.2) is 20.7 Å². The molecule has 2 rings (SSSR count). The topological polar surface area (TPSA) is 90.4 Å². The van der Waals surface area contributed by atoms with Gasteiger partial charge in [-0.25, -0.2) is 13.6 Å². The summed E-state index contributed by atoms with van der Waals surface area (Å²) in [6, 6.07) is 1.19. The highest BCUT2D eigenvalue weighted by Crippen LogP contribution is 2.46. The molecule has 0 saturated heterocycles. The summed E-state index contributed by atoms with van der Waals surface area (Å²) in [6.07, 6.45) is 0. The number of fused-ring (bicyclic) bond motifs is 1. The van der Waals surface area contributed by atoms with Gasteiger partial charge in [-0.05, 0) is 13.8 Å². The number of carbonyl (C=O) groups excluding carboxylic acids is 1. The van der Waals surface area contributed by atoms with E-state index in [1.807, 2.05) is 0 Å². The van der Waals surface area contributed by atoms with Gasteiger partial charge >= 0.3 is 0 Å². The van der Waals surface area contributed by atoms with Crippen LogP contribution >= 0.6 is 11.8 Å². The molecule has 0 unspecified atom stereocenters. The minimum absolute atomic E-state index is 0.138. The molecule has 7 heteroatoms. The lowest BCUT2D eigenvalue weighted by Crippen LogP contribution is -2.22. The summed E-state index contributed by atoms with van der Waals surface area (Å²) in [4.78, 5) is 11.7. The molecule has 0 spiro atoms. The molecule has 1 aromatic heterocycles. The van der Waals surface area contributed by atoms with Gasteiger partial charge in [0, 0.05) is 6.07 Å². The molecule has 5 nitrogen and oxygen atoms in total. The third kappa shape index (κ3) is 1.60. The Morgan fingerprint density at radius 2 is 2.07 bits per heavy atom. The van der Waals surface area contributed by atoms with Crippen LogP contribution in [0.4, 0.5) is 0 Å². The molecule has 0 amide bonds. The van der Waals surface area contributed by atoms with Gasteiger partial charge < -0.3 is 4.42 Å². The van der Waals surface area contributed by atoms with Crippen LogP contribution in [0.2, 0.25) is 0 Å². The number of thioether (sulfide) groups is 1. The third-order valence-electron chi connectivity index (χ3n) is 2.10. The molecule has 0 atom stereocenters. The first kappa shape index (κ1) is 10.7. The van der Waals surface area contributed by atoms with Crippen molar-refractivity contribution in [1.82, 2.24) is 0 Å². The Bertz CT molecular complexity index is 541. The van der Waals surface area contributed by atoms with Gasteiger partial charge in [-0.1, -0.05) is 11.8 Å². The van der Waals surface area contributed by atoms with Crippen LogP contribution in [-0.2, 0) is 10.0 Å². The molecular weight excluding hydrogens is 238 g/mol. The molecule has 0 saturated carbocycles. The average molecular weight is 247 g/mol. The summed E-state index contributed by atoms with van der Waals surface area (Å²) in [5.74, 6) is -0.138. The van der Waals surface area contributed by atoms with Gasteiger partial charge in [-0.3, -0.25) is 4.79 Å². The predicted octanol–water partition coefficient (Wildman–Crippen LogP) is 0.994. The van der Waals surface area contributed by atoms with Crippen LogP contribution in [0.3, 0.4) is 0 Å². The lowest BCUT2D eigenvalue weighted by Gasteiger charge is -2.12. The van der Waals surface area contributed by atoms with Crippen molar-refractivity contribution in [2.75, 3.05) is 0 Å². The molecule has 82 valence electrons. The second kappa shape index (κ2) is 2.87. The first-order valence-corrected chi connectivity index (χ1v) is 6.48. The van der Waals surface area contributed by atoms with Crippen molar-refractivity contribution in [2.45, 2.75) is 28.8 Å². The van der Waals surface area contributed by atoms with Crippen LogP contribution in [-0.4, -0.2) is 18.9 Å². The van der Waals surface area contributed by atoms with E-state index in [4.69, 9.17) is 9.56 Å². The Labute approximate surface area is 91.1 Å². The van der Waals surface area contributed by atoms with Crippen LogP contribution in [0, 0.1) is 0 Å². The Balaban J connectivity index is 2.54. The number of furan rings is 1. The van der Waals surface area contributed by atoms with Gasteiger partial charge in [-0.2, -0.15) is 0 Å². The molecule has 2 N–H and O–H groups in total. The SMILES string of the molecule is CC1(C)Sc2oc(S(N)(=O)=O)cc2C1=O. The fraction of sp³-hybridized carbons (Fsp3) is 0.375. The molecule has 15 heavy (non-hydrogen) atoms. The van der Waals surface area contributed by atoms with Crippen LogP contribution in [0.25, 0.3) is 0 Å². The van der Waals surface area contributed by atoms with E-state index < -0.39 is 14.8 Å². The number of sulfonamides is 1. The van der Waals surface area contributed by atoms with E-state index in [0.29, 0.717) is 10.7 Å². The zero-order valence-corrected chi connectivity index (χ0v) is 9.74. The Hall–Kier alpha value is -0.790. The van der Waals surface area contributed by atoms with Gasteiger partial charge in [0.15, 0.2) is 10.9 Å². The van der Waals surface area contributed by atoms with Gasteiger partial charge in [0.25, 0.3) is 10.0 Å². The summed E-state index contributed by atoms with van der Waals surface area (Å²) in [5, 5.41) is 4.86. The van der Waals surface area contributed by atoms with Crippen molar-refractivity contribution in [3.63, 3.8) is 0 Å². The quantitative estimate of drug-likeness (QED) is 0.799. The van der Waals surface area contributed by atoms with Gasteiger partial charge in [0.2, 0.25) is 5.09 Å². The van der Waals surface area contributed by atoms with Crippen LogP contribution in [0.5, 0.6) is 0 Å². The monoisotopic (exact) mass is 247 g/mol. The van der Waals surface area contributed by atoms with E-state index in [2.05, 4.69) is 0 Å². The Morgan fingerprint density at radius 3 is 2.53 bits per heavy atom. The summed E-state index contributed by atoms with van der Waals surface area (Å²) >= 11 is 1.20. The van der Waals surface area contributed by atoms with Crippen LogP contribution < -0.4 is 5.14 Å². The highest BCUT2D eigenvalue weighted by atomic mass is 32.2. The first-order valence-electron chi connectivity index (χ1n) is 4.12. The highest BCUT2D eigenvalue weighted by Gasteiger charge is 2.42. The summed E-state index contributed by atoms with van der Waals surface area (Å²) in [5.41, 5.74) is 0.300. The Morgan fingerprint density at radius 1 is 1.47 bits per heavy atom. The van der Waals surface area contributed by atoms with E-state index in [9.17, 15) is 13.2 Å². The number of carbonyl (C=O) groups is 1. The maximum Gasteiger partial charge on any atom is 0.271 e. The first-order chi connectivity index (χ1) is 6.72. The normalized spacial score (nSPS) is 19.3. The third-order valence-corrected chi connectivity index (χ3v) is 4.04. The number of primary sulfonamides is 1. The molecule has 1 aromatic rings. The minimum atomic E-state index is -3.87. The maximum absolute atomic E-state index is 11.7. The fourth-order valence-corrected chi connectivity index (χ4v) is 2.92. The molecular formula is C8H9NO4S2. The zero-order valence-electron chi connectivity index (χ0n) is 8.10. The average Bonchev–Trinajstić information content (AvgIpc) is 2.51. The Kier molecular flexibility index (Phi) is 2.05. The molecule has 0 bridgehead atoms. The van der Waals surface area contributed by atoms with Crippen LogP contribution in [0.1, 0.15) is 24.2 Å². The minimum Gasteiger partial charge on any atom is -0.436 e. The molecule has 0 fully saturated rings. The highest BCUT2D eigenvalue weighted by molar-refractivity contribution is 8.02. The summed E-state index contributed by atoms with van der Waals surface area (Å²) in [6.45, 7) is 3.51. The lowest BCUT2D eigenvalue weighted by molar-refractivity contribution is 0.0960. The van der Waals surface area contributed by atoms with E-state index in [0.717, 1.165) is 0 Å². The van der Waals surface area contributed by atoms with E-state index in [-0.39, 0.29) is 10.9 Å². The van der Waals surface area contributed by atoms with Gasteiger partial charge in [-0.15, -0.1) is 0 Å². The number of hydrogen-bond donors (Lipinski definition) is 1. The number of nitrogens with two attached hydrogens (primary N) is 1. The van der Waals surface area contributed by atoms with Crippen molar-refractivity contribution in [3.8, 4) is 0 Å². The second-order valence-electron chi connectivity index (χ2n) is 3.75. The van der Waals surface area contributed by atoms with Crippen molar-refractivity contribution in [2.24, 2.45) is 5.14 Å². The fourth-order valence-electron chi connectivity index (χ4n) is 1.33. The van der Waals surface area contributed by atoms with Crippen molar-refractivity contribution < 1.29 is 17.6 Å². The lowest BCUT2D eigenvalue weighted by atomic mass is 10.0. The summed E-state index contributed by atoms with van der Waals surface area (Å²) in [7, 11) is -3.87. The molecule has 0 aliphatic carbocycles. The van der Waals surface area contributed by atoms with E-state index in [1.165, 1.54) is 17.8 Å². The van der Waals surface area contributed by atoms with Crippen molar-refractivity contribution in [1.29, 1.82) is 0 Å². The molecule has 0 radical (unpaired) electrons. The van der Waals surface area contributed by atoms with Crippen molar-refractivity contribution in [3.05, 3.63) is 11.6 Å². The number of Topliss-reactive ketones (excluding diaryl/α,β-unsaturated/α-hetero) is 1. The van der Waals surface area contributed by atoms with E-state index in [1.54, 1.807) is 13.8 Å². The zero-order chi connectivity index (χ0) is 11.4. The van der Waals surface area contributed by atoms with Gasteiger partial charge in [0.1, 0.15) is 0 Å². The number of ketones is 1. The largest absolute Gasteiger partial charge is 0.436 e. The smallest absolute Gasteiger partial charge is 0.271 e. The predicted molar refractivity (Wildman–Crippen MR) is 54.3 cm³/mol. The molecule has 0 aromatic carbocycles. The molecule has 1 aliphatic heterocycles. The van der Waals surface area contributed by atoms with Crippen molar-refractivity contribution >= 4 is 27.6 Å². The van der Waals surface area contributed by atoms with Gasteiger partial charge in [0.05, 0.1) is 10.3 Å². The summed E-state index contributed by atoms with van der Waals surface area (Å²) < 4.78 is 26.4. The maximum atomic E-state index is 11.7. The number of hydrogen-bond acceptors (Lipinski definition) is 5. The number of rotatable bonds is 1. The molecule has 2 heterocycles. The molecule has 1 aliphatic rings. The standard InChI is InChI=1S/C8H9NO4S2/c1-8(2)6(10)4-3-5(15(9,11)12)13-7(4)14-8/h3H,1-2H3,(H2,9,11,12). The van der Waals surface area contributed by atoms with E-state index >= 15 is 0 Å². The second-order valence-corrected chi connectivity index (χ2v) is 6.84.